The fourth-order valence-corrected chi connectivity index (χ4v) is 2.26. The summed E-state index contributed by atoms with van der Waals surface area (Å²) in [6.45, 7) is 1.98. The lowest BCUT2D eigenvalue weighted by atomic mass is 10.1. The van der Waals surface area contributed by atoms with Gasteiger partial charge in [0.25, 0.3) is 0 Å². The number of likely N-dealkylation sites (N-methyl/N-ethyl adjacent to an activating group) is 1. The van der Waals surface area contributed by atoms with Crippen LogP contribution >= 0.6 is 15.9 Å². The number of carboxylic acid groups (broad SMARTS) is 1. The van der Waals surface area contributed by atoms with Crippen LogP contribution in [-0.2, 0) is 4.79 Å². The van der Waals surface area contributed by atoms with Crippen LogP contribution in [0.15, 0.2) is 34.9 Å². The average molecular weight is 336 g/mol. The van der Waals surface area contributed by atoms with E-state index in [0.717, 1.165) is 15.6 Å². The summed E-state index contributed by atoms with van der Waals surface area (Å²) >= 11 is 3.43. The fourth-order valence-electron chi connectivity index (χ4n) is 1.90. The first-order valence-corrected chi connectivity index (χ1v) is 6.81. The molecule has 0 aliphatic carbocycles. The fraction of sp³-hybridized carbons (Fsp3) is 0.214. The molecule has 6 heteroatoms. The van der Waals surface area contributed by atoms with Gasteiger partial charge in [0.15, 0.2) is 11.9 Å². The molecular formula is C14H14BrN3O2. The highest BCUT2D eigenvalue weighted by molar-refractivity contribution is 9.10. The van der Waals surface area contributed by atoms with Gasteiger partial charge in [-0.15, -0.1) is 0 Å². The summed E-state index contributed by atoms with van der Waals surface area (Å²) in [5.74, 6) is -0.757. The second-order valence-electron chi connectivity index (χ2n) is 4.32. The minimum absolute atomic E-state index is 0.247. The summed E-state index contributed by atoms with van der Waals surface area (Å²) < 4.78 is 0.946. The van der Waals surface area contributed by atoms with Crippen molar-refractivity contribution in [2.24, 2.45) is 0 Å². The van der Waals surface area contributed by atoms with E-state index in [1.54, 1.807) is 19.3 Å². The number of carboxylic acids is 1. The van der Waals surface area contributed by atoms with Crippen LogP contribution < -0.4 is 5.32 Å². The number of aromatic nitrogens is 2. The van der Waals surface area contributed by atoms with E-state index in [1.165, 1.54) is 0 Å². The van der Waals surface area contributed by atoms with Gasteiger partial charge in [0.2, 0.25) is 0 Å². The van der Waals surface area contributed by atoms with Crippen molar-refractivity contribution in [1.29, 1.82) is 0 Å². The molecule has 0 bridgehead atoms. The Labute approximate surface area is 125 Å². The van der Waals surface area contributed by atoms with Crippen LogP contribution in [0.2, 0.25) is 0 Å². The predicted molar refractivity (Wildman–Crippen MR) is 79.3 cm³/mol. The molecule has 2 aromatic rings. The molecule has 5 nitrogen and oxygen atoms in total. The monoisotopic (exact) mass is 335 g/mol. The predicted octanol–water partition coefficient (Wildman–Crippen LogP) is 2.56. The molecule has 1 atom stereocenters. The van der Waals surface area contributed by atoms with Gasteiger partial charge < -0.3 is 10.4 Å². The van der Waals surface area contributed by atoms with E-state index < -0.39 is 12.0 Å². The van der Waals surface area contributed by atoms with E-state index in [0.29, 0.717) is 5.69 Å². The maximum absolute atomic E-state index is 11.1. The quantitative estimate of drug-likeness (QED) is 0.898. The minimum atomic E-state index is -1.00. The molecule has 0 saturated heterocycles. The Hall–Kier alpha value is -1.79. The molecule has 0 amide bonds. The molecule has 2 N–H and O–H groups in total. The van der Waals surface area contributed by atoms with Crippen LogP contribution in [0.5, 0.6) is 0 Å². The second kappa shape index (κ2) is 6.11. The van der Waals surface area contributed by atoms with Crippen molar-refractivity contribution in [3.05, 3.63) is 46.3 Å². The lowest BCUT2D eigenvalue weighted by Gasteiger charge is -2.12. The zero-order valence-electron chi connectivity index (χ0n) is 11.1. The van der Waals surface area contributed by atoms with Crippen LogP contribution in [-0.4, -0.2) is 28.1 Å². The number of nitrogens with zero attached hydrogens (tertiary/aromatic N) is 2. The van der Waals surface area contributed by atoms with Crippen LogP contribution in [0, 0.1) is 6.92 Å². The number of rotatable bonds is 4. The van der Waals surface area contributed by atoms with E-state index in [-0.39, 0.29) is 5.82 Å². The lowest BCUT2D eigenvalue weighted by Crippen LogP contribution is -2.27. The third-order valence-electron chi connectivity index (χ3n) is 2.94. The third kappa shape index (κ3) is 3.02. The van der Waals surface area contributed by atoms with Gasteiger partial charge in [0, 0.05) is 16.2 Å². The lowest BCUT2D eigenvalue weighted by molar-refractivity contribution is -0.139. The number of aliphatic carboxylic acids is 1. The molecule has 20 heavy (non-hydrogen) atoms. The van der Waals surface area contributed by atoms with Gasteiger partial charge >= 0.3 is 5.97 Å². The second-order valence-corrected chi connectivity index (χ2v) is 5.23. The smallest absolute Gasteiger partial charge is 0.328 e. The van der Waals surface area contributed by atoms with E-state index in [1.807, 2.05) is 25.1 Å². The summed E-state index contributed by atoms with van der Waals surface area (Å²) in [4.78, 5) is 19.6. The highest BCUT2D eigenvalue weighted by atomic mass is 79.9. The molecule has 0 spiro atoms. The number of benzene rings is 1. The van der Waals surface area contributed by atoms with Crippen LogP contribution in [0.25, 0.3) is 11.3 Å². The molecule has 1 aromatic heterocycles. The summed E-state index contributed by atoms with van der Waals surface area (Å²) in [6.07, 6.45) is 1.57. The van der Waals surface area contributed by atoms with Crippen molar-refractivity contribution < 1.29 is 9.90 Å². The number of halogens is 1. The molecule has 0 radical (unpaired) electrons. The van der Waals surface area contributed by atoms with Crippen molar-refractivity contribution in [2.75, 3.05) is 7.05 Å². The Balaban J connectivity index is 2.49. The van der Waals surface area contributed by atoms with Crippen molar-refractivity contribution in [1.82, 2.24) is 15.3 Å². The standard InChI is InChI=1S/C14H14BrN3O2/c1-8-3-4-9(15)7-10(8)11-5-6-17-13(18-11)12(16-2)14(19)20/h3-7,12,16H,1-2H3,(H,19,20). The van der Waals surface area contributed by atoms with E-state index in [4.69, 9.17) is 5.11 Å². The molecule has 0 aliphatic rings. The van der Waals surface area contributed by atoms with Gasteiger partial charge in [-0.25, -0.2) is 9.97 Å². The normalized spacial score (nSPS) is 12.2. The molecule has 1 heterocycles. The van der Waals surface area contributed by atoms with Gasteiger partial charge in [-0.05, 0) is 37.7 Å². The van der Waals surface area contributed by atoms with Crippen LogP contribution in [0.4, 0.5) is 0 Å². The molecule has 0 fully saturated rings. The van der Waals surface area contributed by atoms with Crippen LogP contribution in [0.1, 0.15) is 17.4 Å². The minimum Gasteiger partial charge on any atom is -0.480 e. The third-order valence-corrected chi connectivity index (χ3v) is 3.44. The molecule has 0 saturated carbocycles. The molecule has 104 valence electrons. The zero-order valence-corrected chi connectivity index (χ0v) is 12.7. The summed E-state index contributed by atoms with van der Waals surface area (Å²) in [5, 5.41) is 11.8. The van der Waals surface area contributed by atoms with Crippen molar-refractivity contribution >= 4 is 21.9 Å². The van der Waals surface area contributed by atoms with Gasteiger partial charge in [0.1, 0.15) is 0 Å². The zero-order chi connectivity index (χ0) is 14.7. The number of nitrogens with one attached hydrogen (secondary N) is 1. The first-order chi connectivity index (χ1) is 9.52. The Morgan fingerprint density at radius 2 is 2.15 bits per heavy atom. The van der Waals surface area contributed by atoms with Gasteiger partial charge in [0.05, 0.1) is 5.69 Å². The van der Waals surface area contributed by atoms with E-state index in [2.05, 4.69) is 31.2 Å². The Morgan fingerprint density at radius 3 is 2.80 bits per heavy atom. The molecule has 1 aromatic carbocycles. The van der Waals surface area contributed by atoms with Gasteiger partial charge in [-0.2, -0.15) is 0 Å². The Kier molecular flexibility index (Phi) is 4.46. The highest BCUT2D eigenvalue weighted by Crippen LogP contribution is 2.25. The van der Waals surface area contributed by atoms with Crippen molar-refractivity contribution in [3.63, 3.8) is 0 Å². The first-order valence-electron chi connectivity index (χ1n) is 6.02. The van der Waals surface area contributed by atoms with Crippen molar-refractivity contribution in [3.8, 4) is 11.3 Å². The number of hydrogen-bond donors (Lipinski definition) is 2. The molecule has 2 rings (SSSR count). The number of carbonyl (C=O) groups is 1. The first kappa shape index (κ1) is 14.6. The van der Waals surface area contributed by atoms with Gasteiger partial charge in [-0.1, -0.05) is 22.0 Å². The molecule has 0 aliphatic heterocycles. The summed E-state index contributed by atoms with van der Waals surface area (Å²) in [5.41, 5.74) is 2.72. The summed E-state index contributed by atoms with van der Waals surface area (Å²) in [7, 11) is 1.57. The Bertz CT molecular complexity index is 646. The largest absolute Gasteiger partial charge is 0.480 e. The van der Waals surface area contributed by atoms with Crippen molar-refractivity contribution in [2.45, 2.75) is 13.0 Å². The molecular weight excluding hydrogens is 322 g/mol. The van der Waals surface area contributed by atoms with Crippen LogP contribution in [0.3, 0.4) is 0 Å². The maximum atomic E-state index is 11.1. The number of hydrogen-bond acceptors (Lipinski definition) is 4. The summed E-state index contributed by atoms with van der Waals surface area (Å²) in [6, 6.07) is 6.74. The topological polar surface area (TPSA) is 75.1 Å². The Morgan fingerprint density at radius 1 is 1.40 bits per heavy atom. The average Bonchev–Trinajstić information content (AvgIpc) is 2.42. The maximum Gasteiger partial charge on any atom is 0.328 e. The SMILES string of the molecule is CNC(C(=O)O)c1nccc(-c2cc(Br)ccc2C)n1. The van der Waals surface area contributed by atoms with E-state index in [9.17, 15) is 4.79 Å². The highest BCUT2D eigenvalue weighted by Gasteiger charge is 2.21. The molecule has 1 unspecified atom stereocenters. The number of aryl methyl sites for hydroxylation is 1. The van der Waals surface area contributed by atoms with Gasteiger partial charge in [-0.3, -0.25) is 4.79 Å². The van der Waals surface area contributed by atoms with E-state index >= 15 is 0 Å².